The minimum Gasteiger partial charge on any atom is -0.464 e. The predicted molar refractivity (Wildman–Crippen MR) is 81.5 cm³/mol. The molecule has 2 N–H and O–H groups in total. The van der Waals surface area contributed by atoms with Crippen molar-refractivity contribution >= 4 is 39.7 Å². The lowest BCUT2D eigenvalue weighted by Gasteiger charge is -2.29. The van der Waals surface area contributed by atoms with E-state index in [0.717, 1.165) is 24.3 Å². The Hall–Kier alpha value is -0.740. The Kier molecular flexibility index (Phi) is 6.54. The molecule has 21 heavy (non-hydrogen) atoms. The minimum atomic E-state index is -3.77. The van der Waals surface area contributed by atoms with Crippen molar-refractivity contribution < 1.29 is 17.9 Å². The first-order valence-electron chi connectivity index (χ1n) is 6.20. The first-order valence-corrected chi connectivity index (χ1v) is 8.57. The SMILES string of the molecule is COC(=O)c1ncsc1S(=O)(=O)NC1CNCCC1C.Cl. The van der Waals surface area contributed by atoms with E-state index < -0.39 is 16.0 Å². The third-order valence-electron chi connectivity index (χ3n) is 3.29. The van der Waals surface area contributed by atoms with Crippen LogP contribution in [0.2, 0.25) is 0 Å². The van der Waals surface area contributed by atoms with Crippen molar-refractivity contribution in [1.29, 1.82) is 0 Å². The zero-order chi connectivity index (χ0) is 14.8. The van der Waals surface area contributed by atoms with Crippen LogP contribution in [0.5, 0.6) is 0 Å². The Morgan fingerprint density at radius 2 is 2.29 bits per heavy atom. The van der Waals surface area contributed by atoms with Crippen LogP contribution >= 0.6 is 23.7 Å². The number of carbonyl (C=O) groups is 1. The van der Waals surface area contributed by atoms with Crippen molar-refractivity contribution in [1.82, 2.24) is 15.0 Å². The highest BCUT2D eigenvalue weighted by molar-refractivity contribution is 7.91. The summed E-state index contributed by atoms with van der Waals surface area (Å²) in [6.07, 6.45) is 0.903. The molecule has 2 atom stereocenters. The van der Waals surface area contributed by atoms with Gasteiger partial charge in [0.15, 0.2) is 9.90 Å². The fraction of sp³-hybridized carbons (Fsp3) is 0.636. The van der Waals surface area contributed by atoms with Crippen LogP contribution in [-0.4, -0.2) is 45.6 Å². The van der Waals surface area contributed by atoms with Gasteiger partial charge in [-0.2, -0.15) is 0 Å². The number of nitrogens with one attached hydrogen (secondary N) is 2. The molecular formula is C11H18ClN3O4S2. The van der Waals surface area contributed by atoms with Crippen LogP contribution in [0.1, 0.15) is 23.8 Å². The van der Waals surface area contributed by atoms with Crippen LogP contribution in [0.4, 0.5) is 0 Å². The molecule has 2 heterocycles. The largest absolute Gasteiger partial charge is 0.464 e. The molecule has 1 aromatic rings. The topological polar surface area (TPSA) is 97.4 Å². The molecule has 7 nitrogen and oxygen atoms in total. The Balaban J connectivity index is 0.00000220. The number of hydrogen-bond donors (Lipinski definition) is 2. The summed E-state index contributed by atoms with van der Waals surface area (Å²) in [5.74, 6) is -0.512. The van der Waals surface area contributed by atoms with Gasteiger partial charge in [-0.05, 0) is 18.9 Å². The minimum absolute atomic E-state index is 0. The lowest BCUT2D eigenvalue weighted by Crippen LogP contribution is -2.50. The van der Waals surface area contributed by atoms with Gasteiger partial charge in [0, 0.05) is 12.6 Å². The summed E-state index contributed by atoms with van der Waals surface area (Å²) in [6.45, 7) is 3.46. The van der Waals surface area contributed by atoms with Crippen molar-refractivity contribution in [2.45, 2.75) is 23.6 Å². The standard InChI is InChI=1S/C11H17N3O4S2.ClH/c1-7-3-4-12-5-8(7)14-20(16,17)11-9(10(15)18-2)13-6-19-11;/h6-8,12,14H,3-5H2,1-2H3;1H. The zero-order valence-corrected chi connectivity index (χ0v) is 14.1. The van der Waals surface area contributed by atoms with Gasteiger partial charge in [-0.3, -0.25) is 0 Å². The predicted octanol–water partition coefficient (Wildman–Crippen LogP) is 0.628. The first-order chi connectivity index (χ1) is 9.45. The molecule has 1 aliphatic heterocycles. The van der Waals surface area contributed by atoms with E-state index in [0.29, 0.717) is 6.54 Å². The summed E-state index contributed by atoms with van der Waals surface area (Å²) in [5, 5.41) is 3.15. The van der Waals surface area contributed by atoms with E-state index in [-0.39, 0.29) is 34.3 Å². The summed E-state index contributed by atoms with van der Waals surface area (Å²) < 4.78 is 31.8. The summed E-state index contributed by atoms with van der Waals surface area (Å²) in [4.78, 5) is 15.3. The molecule has 1 aliphatic rings. The normalized spacial score (nSPS) is 22.4. The molecule has 0 radical (unpaired) electrons. The number of esters is 1. The van der Waals surface area contributed by atoms with Crippen LogP contribution < -0.4 is 10.0 Å². The molecule has 2 rings (SSSR count). The van der Waals surface area contributed by atoms with E-state index in [1.54, 1.807) is 0 Å². The highest BCUT2D eigenvalue weighted by atomic mass is 35.5. The van der Waals surface area contributed by atoms with Crippen LogP contribution in [0, 0.1) is 5.92 Å². The molecule has 1 aromatic heterocycles. The third-order valence-corrected chi connectivity index (χ3v) is 6.15. The maximum absolute atomic E-state index is 12.4. The van der Waals surface area contributed by atoms with E-state index in [1.165, 1.54) is 12.6 Å². The second kappa shape index (κ2) is 7.50. The molecule has 1 fully saturated rings. The number of rotatable bonds is 4. The van der Waals surface area contributed by atoms with Gasteiger partial charge < -0.3 is 10.1 Å². The zero-order valence-electron chi connectivity index (χ0n) is 11.7. The maximum Gasteiger partial charge on any atom is 0.358 e. The number of thiazole rings is 1. The fourth-order valence-corrected chi connectivity index (χ4v) is 4.55. The van der Waals surface area contributed by atoms with Crippen LogP contribution in [0.25, 0.3) is 0 Å². The van der Waals surface area contributed by atoms with E-state index in [1.807, 2.05) is 6.92 Å². The quantitative estimate of drug-likeness (QED) is 0.769. The lowest BCUT2D eigenvalue weighted by atomic mass is 9.96. The molecule has 0 aromatic carbocycles. The number of halogens is 1. The molecule has 0 spiro atoms. The van der Waals surface area contributed by atoms with Gasteiger partial charge in [-0.25, -0.2) is 22.9 Å². The van der Waals surface area contributed by atoms with Gasteiger partial charge >= 0.3 is 5.97 Å². The van der Waals surface area contributed by atoms with E-state index in [9.17, 15) is 13.2 Å². The smallest absolute Gasteiger partial charge is 0.358 e. The van der Waals surface area contributed by atoms with Gasteiger partial charge in [-0.1, -0.05) is 6.92 Å². The van der Waals surface area contributed by atoms with Crippen LogP contribution in [0.15, 0.2) is 9.72 Å². The highest BCUT2D eigenvalue weighted by Crippen LogP contribution is 2.22. The Bertz CT molecular complexity index is 590. The van der Waals surface area contributed by atoms with Crippen molar-refractivity contribution in [2.24, 2.45) is 5.92 Å². The van der Waals surface area contributed by atoms with Crippen molar-refractivity contribution in [3.63, 3.8) is 0 Å². The van der Waals surface area contributed by atoms with Crippen LogP contribution in [0.3, 0.4) is 0 Å². The number of hydrogen-bond acceptors (Lipinski definition) is 7. The monoisotopic (exact) mass is 355 g/mol. The van der Waals surface area contributed by atoms with Gasteiger partial charge in [0.1, 0.15) is 0 Å². The molecule has 2 unspecified atom stereocenters. The molecule has 120 valence electrons. The van der Waals surface area contributed by atoms with Gasteiger partial charge in [0.25, 0.3) is 10.0 Å². The van der Waals surface area contributed by atoms with E-state index >= 15 is 0 Å². The number of aromatic nitrogens is 1. The maximum atomic E-state index is 12.4. The number of methoxy groups -OCH3 is 1. The summed E-state index contributed by atoms with van der Waals surface area (Å²) in [6, 6.07) is -0.193. The lowest BCUT2D eigenvalue weighted by molar-refractivity contribution is 0.0590. The fourth-order valence-electron chi connectivity index (χ4n) is 2.06. The second-order valence-electron chi connectivity index (χ2n) is 4.68. The van der Waals surface area contributed by atoms with E-state index in [2.05, 4.69) is 19.8 Å². The van der Waals surface area contributed by atoms with Crippen molar-refractivity contribution in [2.75, 3.05) is 20.2 Å². The van der Waals surface area contributed by atoms with Gasteiger partial charge in [0.05, 0.1) is 12.6 Å². The molecule has 1 saturated heterocycles. The molecule has 10 heteroatoms. The molecule has 0 aliphatic carbocycles. The van der Waals surface area contributed by atoms with Gasteiger partial charge in [-0.15, -0.1) is 23.7 Å². The van der Waals surface area contributed by atoms with Crippen molar-refractivity contribution in [3.05, 3.63) is 11.2 Å². The Morgan fingerprint density at radius 1 is 1.57 bits per heavy atom. The van der Waals surface area contributed by atoms with E-state index in [4.69, 9.17) is 0 Å². The Labute approximate surface area is 133 Å². The summed E-state index contributed by atoms with van der Waals surface area (Å²) in [7, 11) is -2.58. The third kappa shape index (κ3) is 4.13. The number of nitrogens with zero attached hydrogens (tertiary/aromatic N) is 1. The average molecular weight is 356 g/mol. The number of ether oxygens (including phenoxy) is 1. The highest BCUT2D eigenvalue weighted by Gasteiger charge is 2.31. The summed E-state index contributed by atoms with van der Waals surface area (Å²) >= 11 is 0.907. The molecule has 0 bridgehead atoms. The number of carbonyl (C=O) groups excluding carboxylic acids is 1. The van der Waals surface area contributed by atoms with Crippen LogP contribution in [-0.2, 0) is 14.8 Å². The number of sulfonamides is 1. The molecule has 0 amide bonds. The first kappa shape index (κ1) is 18.3. The number of piperidine rings is 1. The second-order valence-corrected chi connectivity index (χ2v) is 7.44. The molecular weight excluding hydrogens is 338 g/mol. The van der Waals surface area contributed by atoms with Crippen molar-refractivity contribution in [3.8, 4) is 0 Å². The summed E-state index contributed by atoms with van der Waals surface area (Å²) in [5.41, 5.74) is 1.16. The molecule has 0 saturated carbocycles. The van der Waals surface area contributed by atoms with Gasteiger partial charge in [0.2, 0.25) is 0 Å². The Morgan fingerprint density at radius 3 is 2.90 bits per heavy atom. The average Bonchev–Trinajstić information content (AvgIpc) is 2.90.